The molecule has 0 saturated heterocycles. The van der Waals surface area contributed by atoms with Crippen LogP contribution >= 0.6 is 11.3 Å². The second-order valence-corrected chi connectivity index (χ2v) is 8.90. The molecule has 0 bridgehead atoms. The standard InChI is InChI=1S/C25H26N2O2S/c1-17-12-14-19(15-13-17)26-24(29)23-20-10-6-3-7-11-21(20)30-25(23)27-22(28)16-18-8-4-2-5-9-18/h2,4-5,8-9,12-15H,3,6-7,10-11,16H2,1H3,(H,26,29)(H,27,28). The monoisotopic (exact) mass is 418 g/mol. The lowest BCUT2D eigenvalue weighted by Gasteiger charge is -2.10. The maximum Gasteiger partial charge on any atom is 0.258 e. The summed E-state index contributed by atoms with van der Waals surface area (Å²) >= 11 is 1.56. The van der Waals surface area contributed by atoms with Gasteiger partial charge in [-0.1, -0.05) is 54.4 Å². The lowest BCUT2D eigenvalue weighted by atomic mass is 10.0. The van der Waals surface area contributed by atoms with Crippen molar-refractivity contribution in [2.24, 2.45) is 0 Å². The molecule has 0 radical (unpaired) electrons. The minimum absolute atomic E-state index is 0.0954. The molecule has 1 aromatic heterocycles. The molecule has 30 heavy (non-hydrogen) atoms. The van der Waals surface area contributed by atoms with E-state index < -0.39 is 0 Å². The van der Waals surface area contributed by atoms with Gasteiger partial charge in [0.1, 0.15) is 5.00 Å². The molecule has 0 aliphatic heterocycles. The van der Waals surface area contributed by atoms with Crippen LogP contribution < -0.4 is 10.6 Å². The fraction of sp³-hybridized carbons (Fsp3) is 0.280. The van der Waals surface area contributed by atoms with Crippen molar-refractivity contribution in [3.8, 4) is 0 Å². The largest absolute Gasteiger partial charge is 0.322 e. The third-order valence-electron chi connectivity index (χ3n) is 5.42. The number of thiophene rings is 1. The van der Waals surface area contributed by atoms with E-state index in [0.717, 1.165) is 48.1 Å². The van der Waals surface area contributed by atoms with Crippen molar-refractivity contribution in [1.29, 1.82) is 0 Å². The Bertz CT molecular complexity index is 1040. The number of benzene rings is 2. The summed E-state index contributed by atoms with van der Waals surface area (Å²) in [6.07, 6.45) is 5.53. The number of carbonyl (C=O) groups is 2. The zero-order chi connectivity index (χ0) is 20.9. The Kier molecular flexibility index (Phi) is 6.29. The van der Waals surface area contributed by atoms with Crippen molar-refractivity contribution >= 4 is 33.8 Å². The topological polar surface area (TPSA) is 58.2 Å². The maximum absolute atomic E-state index is 13.2. The van der Waals surface area contributed by atoms with E-state index in [9.17, 15) is 9.59 Å². The summed E-state index contributed by atoms with van der Waals surface area (Å²) in [4.78, 5) is 27.2. The van der Waals surface area contributed by atoms with Crippen LogP contribution in [0.2, 0.25) is 0 Å². The van der Waals surface area contributed by atoms with Gasteiger partial charge in [0, 0.05) is 10.6 Å². The molecule has 2 N–H and O–H groups in total. The van der Waals surface area contributed by atoms with E-state index in [1.54, 1.807) is 11.3 Å². The van der Waals surface area contributed by atoms with Gasteiger partial charge in [-0.15, -0.1) is 11.3 Å². The average Bonchev–Trinajstić information content (AvgIpc) is 2.90. The first kappa shape index (κ1) is 20.4. The van der Waals surface area contributed by atoms with Crippen LogP contribution in [0.4, 0.5) is 10.7 Å². The second-order valence-electron chi connectivity index (χ2n) is 7.80. The van der Waals surface area contributed by atoms with Crippen molar-refractivity contribution in [3.05, 3.63) is 81.7 Å². The van der Waals surface area contributed by atoms with E-state index >= 15 is 0 Å². The molecular weight excluding hydrogens is 392 g/mol. The summed E-state index contributed by atoms with van der Waals surface area (Å²) < 4.78 is 0. The number of amides is 2. The first-order chi connectivity index (χ1) is 14.6. The Morgan fingerprint density at radius 3 is 2.40 bits per heavy atom. The molecule has 1 aliphatic carbocycles. The van der Waals surface area contributed by atoms with E-state index in [1.165, 1.54) is 11.3 Å². The lowest BCUT2D eigenvalue weighted by Crippen LogP contribution is -2.19. The van der Waals surface area contributed by atoms with Crippen LogP contribution in [-0.4, -0.2) is 11.8 Å². The highest BCUT2D eigenvalue weighted by molar-refractivity contribution is 7.17. The zero-order valence-corrected chi connectivity index (χ0v) is 18.0. The smallest absolute Gasteiger partial charge is 0.258 e. The Labute approximate surface area is 181 Å². The molecule has 0 saturated carbocycles. The van der Waals surface area contributed by atoms with Crippen LogP contribution in [-0.2, 0) is 24.1 Å². The number of fused-ring (bicyclic) bond motifs is 1. The van der Waals surface area contributed by atoms with Gasteiger partial charge in [-0.2, -0.15) is 0 Å². The number of carbonyl (C=O) groups excluding carboxylic acids is 2. The van der Waals surface area contributed by atoms with Gasteiger partial charge in [0.25, 0.3) is 5.91 Å². The Morgan fingerprint density at radius 2 is 1.63 bits per heavy atom. The third-order valence-corrected chi connectivity index (χ3v) is 6.63. The van der Waals surface area contributed by atoms with Gasteiger partial charge in [-0.3, -0.25) is 9.59 Å². The van der Waals surface area contributed by atoms with Crippen molar-refractivity contribution in [2.75, 3.05) is 10.6 Å². The molecule has 2 aromatic carbocycles. The van der Waals surface area contributed by atoms with Crippen LogP contribution in [0, 0.1) is 6.92 Å². The second kappa shape index (κ2) is 9.26. The lowest BCUT2D eigenvalue weighted by molar-refractivity contribution is -0.115. The van der Waals surface area contributed by atoms with Crippen LogP contribution in [0.3, 0.4) is 0 Å². The number of aryl methyl sites for hydroxylation is 2. The van der Waals surface area contributed by atoms with Crippen LogP contribution in [0.5, 0.6) is 0 Å². The third kappa shape index (κ3) is 4.79. The predicted molar refractivity (Wildman–Crippen MR) is 123 cm³/mol. The molecule has 1 aliphatic rings. The molecule has 1 heterocycles. The van der Waals surface area contributed by atoms with Crippen LogP contribution in [0.15, 0.2) is 54.6 Å². The number of anilines is 2. The number of nitrogens with one attached hydrogen (secondary N) is 2. The average molecular weight is 419 g/mol. The molecule has 154 valence electrons. The van der Waals surface area contributed by atoms with Gasteiger partial charge < -0.3 is 10.6 Å². The van der Waals surface area contributed by atoms with Gasteiger partial charge in [0.05, 0.1) is 12.0 Å². The summed E-state index contributed by atoms with van der Waals surface area (Å²) in [5.41, 5.74) is 4.61. The summed E-state index contributed by atoms with van der Waals surface area (Å²) in [7, 11) is 0. The Hall–Kier alpha value is -2.92. The van der Waals surface area contributed by atoms with Crippen LogP contribution in [0.25, 0.3) is 0 Å². The van der Waals surface area contributed by atoms with Gasteiger partial charge in [-0.25, -0.2) is 0 Å². The highest BCUT2D eigenvalue weighted by Crippen LogP contribution is 2.38. The summed E-state index contributed by atoms with van der Waals surface area (Å²) in [5.74, 6) is -0.241. The molecule has 3 aromatic rings. The fourth-order valence-corrected chi connectivity index (χ4v) is 5.16. The van der Waals surface area contributed by atoms with E-state index in [2.05, 4.69) is 10.6 Å². The van der Waals surface area contributed by atoms with E-state index in [0.29, 0.717) is 17.0 Å². The van der Waals surface area contributed by atoms with E-state index in [1.807, 2.05) is 61.5 Å². The van der Waals surface area contributed by atoms with E-state index in [4.69, 9.17) is 0 Å². The van der Waals surface area contributed by atoms with Gasteiger partial charge in [0.2, 0.25) is 5.91 Å². The summed E-state index contributed by atoms with van der Waals surface area (Å²) in [6, 6.07) is 17.4. The molecule has 4 rings (SSSR count). The number of hydrogen-bond donors (Lipinski definition) is 2. The normalized spacial score (nSPS) is 13.2. The molecule has 4 nitrogen and oxygen atoms in total. The van der Waals surface area contributed by atoms with Crippen molar-refractivity contribution in [3.63, 3.8) is 0 Å². The highest BCUT2D eigenvalue weighted by atomic mass is 32.1. The molecular formula is C25H26N2O2S. The Morgan fingerprint density at radius 1 is 0.900 bits per heavy atom. The number of hydrogen-bond acceptors (Lipinski definition) is 3. The molecule has 0 fully saturated rings. The highest BCUT2D eigenvalue weighted by Gasteiger charge is 2.25. The van der Waals surface area contributed by atoms with Crippen molar-refractivity contribution < 1.29 is 9.59 Å². The molecule has 0 atom stereocenters. The molecule has 0 spiro atoms. The fourth-order valence-electron chi connectivity index (χ4n) is 3.85. The van der Waals surface area contributed by atoms with Crippen molar-refractivity contribution in [1.82, 2.24) is 0 Å². The van der Waals surface area contributed by atoms with Gasteiger partial charge >= 0.3 is 0 Å². The van der Waals surface area contributed by atoms with E-state index in [-0.39, 0.29) is 11.8 Å². The van der Waals surface area contributed by atoms with Crippen molar-refractivity contribution in [2.45, 2.75) is 45.4 Å². The SMILES string of the molecule is Cc1ccc(NC(=O)c2c(NC(=O)Cc3ccccc3)sc3c2CCCCC3)cc1. The maximum atomic E-state index is 13.2. The molecule has 0 unspecified atom stereocenters. The minimum atomic E-state index is -0.145. The predicted octanol–water partition coefficient (Wildman–Crippen LogP) is 5.76. The minimum Gasteiger partial charge on any atom is -0.322 e. The van der Waals surface area contributed by atoms with Gasteiger partial charge in [-0.05, 0) is 55.9 Å². The quantitative estimate of drug-likeness (QED) is 0.518. The summed E-state index contributed by atoms with van der Waals surface area (Å²) in [6.45, 7) is 2.02. The first-order valence-electron chi connectivity index (χ1n) is 10.5. The Balaban J connectivity index is 1.60. The number of rotatable bonds is 5. The molecule has 5 heteroatoms. The molecule has 2 amide bonds. The van der Waals surface area contributed by atoms with Gasteiger partial charge in [0.15, 0.2) is 0 Å². The first-order valence-corrected chi connectivity index (χ1v) is 11.3. The zero-order valence-electron chi connectivity index (χ0n) is 17.2. The van der Waals surface area contributed by atoms with Crippen LogP contribution in [0.1, 0.15) is 51.2 Å². The summed E-state index contributed by atoms with van der Waals surface area (Å²) in [5, 5.41) is 6.73.